The minimum Gasteiger partial charge on any atom is -0.309 e. The molecule has 1 rings (SSSR count). The van der Waals surface area contributed by atoms with Crippen molar-refractivity contribution in [1.82, 2.24) is 10.2 Å². The Kier molecular flexibility index (Phi) is 4.96. The number of rotatable bonds is 6. The molecule has 1 aromatic heterocycles. The molecule has 0 fully saturated rings. The van der Waals surface area contributed by atoms with E-state index in [4.69, 9.17) is 0 Å². The summed E-state index contributed by atoms with van der Waals surface area (Å²) >= 11 is 1.82. The first-order valence-electron chi connectivity index (χ1n) is 5.82. The van der Waals surface area contributed by atoms with Crippen molar-refractivity contribution in [2.45, 2.75) is 26.8 Å². The van der Waals surface area contributed by atoms with E-state index in [1.54, 1.807) is 0 Å². The lowest BCUT2D eigenvalue weighted by molar-refractivity contribution is 0.227. The fourth-order valence-electron chi connectivity index (χ4n) is 1.98. The van der Waals surface area contributed by atoms with E-state index in [9.17, 15) is 0 Å². The maximum atomic E-state index is 3.61. The highest BCUT2D eigenvalue weighted by molar-refractivity contribution is 7.10. The summed E-state index contributed by atoms with van der Waals surface area (Å²) in [5, 5.41) is 5.75. The fraction of sp³-hybridized carbons (Fsp3) is 0.692. The molecule has 92 valence electrons. The molecule has 0 saturated carbocycles. The van der Waals surface area contributed by atoms with Crippen LogP contribution in [0.15, 0.2) is 17.5 Å². The lowest BCUT2D eigenvalue weighted by Crippen LogP contribution is -2.38. The van der Waals surface area contributed by atoms with E-state index in [-0.39, 0.29) is 0 Å². The van der Waals surface area contributed by atoms with Gasteiger partial charge >= 0.3 is 0 Å². The van der Waals surface area contributed by atoms with Crippen molar-refractivity contribution >= 4 is 11.3 Å². The van der Waals surface area contributed by atoms with Crippen molar-refractivity contribution in [3.05, 3.63) is 22.4 Å². The van der Waals surface area contributed by atoms with Crippen molar-refractivity contribution in [3.63, 3.8) is 0 Å². The SMILES string of the molecule is CC(NCC(C)(C)CN(C)C)c1cccs1. The van der Waals surface area contributed by atoms with E-state index in [1.165, 1.54) is 4.88 Å². The van der Waals surface area contributed by atoms with E-state index < -0.39 is 0 Å². The van der Waals surface area contributed by atoms with Crippen LogP contribution in [0.5, 0.6) is 0 Å². The second kappa shape index (κ2) is 5.80. The molecule has 3 heteroatoms. The summed E-state index contributed by atoms with van der Waals surface area (Å²) in [5.74, 6) is 0. The summed E-state index contributed by atoms with van der Waals surface area (Å²) in [6, 6.07) is 4.77. The maximum Gasteiger partial charge on any atom is 0.0386 e. The zero-order valence-corrected chi connectivity index (χ0v) is 11.9. The molecule has 0 saturated heterocycles. The Morgan fingerprint density at radius 1 is 1.44 bits per heavy atom. The first kappa shape index (κ1) is 13.7. The average Bonchev–Trinajstić information content (AvgIpc) is 2.64. The second-order valence-electron chi connectivity index (χ2n) is 5.52. The molecule has 0 spiro atoms. The van der Waals surface area contributed by atoms with Gasteiger partial charge in [-0.3, -0.25) is 0 Å². The minimum absolute atomic E-state index is 0.315. The molecule has 2 nitrogen and oxygen atoms in total. The second-order valence-corrected chi connectivity index (χ2v) is 6.50. The van der Waals surface area contributed by atoms with E-state index in [0.717, 1.165) is 13.1 Å². The van der Waals surface area contributed by atoms with Gasteiger partial charge in [-0.25, -0.2) is 0 Å². The van der Waals surface area contributed by atoms with Gasteiger partial charge in [-0.05, 0) is 37.9 Å². The van der Waals surface area contributed by atoms with E-state index in [0.29, 0.717) is 11.5 Å². The third kappa shape index (κ3) is 4.64. The van der Waals surface area contributed by atoms with Crippen molar-refractivity contribution in [3.8, 4) is 0 Å². The number of hydrogen-bond acceptors (Lipinski definition) is 3. The molecule has 1 heterocycles. The molecule has 1 unspecified atom stereocenters. The molecule has 1 aromatic rings. The van der Waals surface area contributed by atoms with Gasteiger partial charge in [0.05, 0.1) is 0 Å². The van der Waals surface area contributed by atoms with Crippen LogP contribution < -0.4 is 5.32 Å². The van der Waals surface area contributed by atoms with E-state index >= 15 is 0 Å². The Morgan fingerprint density at radius 3 is 2.62 bits per heavy atom. The Balaban J connectivity index is 2.39. The van der Waals surface area contributed by atoms with Gasteiger partial charge in [0.25, 0.3) is 0 Å². The zero-order valence-electron chi connectivity index (χ0n) is 11.1. The van der Waals surface area contributed by atoms with Crippen LogP contribution in [-0.2, 0) is 0 Å². The molecule has 1 atom stereocenters. The average molecular weight is 240 g/mol. The van der Waals surface area contributed by atoms with Crippen LogP contribution in [-0.4, -0.2) is 32.1 Å². The molecule has 0 aliphatic carbocycles. The van der Waals surface area contributed by atoms with Gasteiger partial charge in [0, 0.05) is 24.0 Å². The highest BCUT2D eigenvalue weighted by atomic mass is 32.1. The van der Waals surface area contributed by atoms with Crippen LogP contribution in [0.2, 0.25) is 0 Å². The lowest BCUT2D eigenvalue weighted by Gasteiger charge is -2.30. The highest BCUT2D eigenvalue weighted by Crippen LogP contribution is 2.21. The summed E-state index contributed by atoms with van der Waals surface area (Å²) in [4.78, 5) is 3.66. The van der Waals surface area contributed by atoms with Crippen LogP contribution in [0.25, 0.3) is 0 Å². The first-order chi connectivity index (χ1) is 7.41. The number of nitrogens with one attached hydrogen (secondary N) is 1. The van der Waals surface area contributed by atoms with Gasteiger partial charge in [-0.1, -0.05) is 19.9 Å². The molecule has 0 aliphatic heterocycles. The van der Waals surface area contributed by atoms with Crippen molar-refractivity contribution < 1.29 is 0 Å². The van der Waals surface area contributed by atoms with Crippen molar-refractivity contribution in [1.29, 1.82) is 0 Å². The monoisotopic (exact) mass is 240 g/mol. The predicted molar refractivity (Wildman–Crippen MR) is 73.1 cm³/mol. The highest BCUT2D eigenvalue weighted by Gasteiger charge is 2.19. The molecule has 0 bridgehead atoms. The molecule has 1 N–H and O–H groups in total. The van der Waals surface area contributed by atoms with Crippen molar-refractivity contribution in [2.24, 2.45) is 5.41 Å². The molecule has 0 aromatic carbocycles. The zero-order chi connectivity index (χ0) is 12.2. The Morgan fingerprint density at radius 2 is 2.12 bits per heavy atom. The lowest BCUT2D eigenvalue weighted by atomic mass is 9.92. The van der Waals surface area contributed by atoms with Crippen LogP contribution in [0, 0.1) is 5.41 Å². The largest absolute Gasteiger partial charge is 0.309 e. The van der Waals surface area contributed by atoms with Crippen LogP contribution in [0.1, 0.15) is 31.7 Å². The summed E-state index contributed by atoms with van der Waals surface area (Å²) in [5.41, 5.74) is 0.315. The molecule has 0 amide bonds. The predicted octanol–water partition coefficient (Wildman–Crippen LogP) is 2.99. The summed E-state index contributed by atoms with van der Waals surface area (Å²) < 4.78 is 0. The van der Waals surface area contributed by atoms with Gasteiger partial charge in [0.1, 0.15) is 0 Å². The van der Waals surface area contributed by atoms with Gasteiger partial charge in [0.15, 0.2) is 0 Å². The summed E-state index contributed by atoms with van der Waals surface area (Å²) in [6.07, 6.45) is 0. The van der Waals surface area contributed by atoms with E-state index in [2.05, 4.69) is 62.6 Å². The third-order valence-electron chi connectivity index (χ3n) is 2.60. The van der Waals surface area contributed by atoms with Gasteiger partial charge in [0.2, 0.25) is 0 Å². The maximum absolute atomic E-state index is 3.61. The Hall–Kier alpha value is -0.380. The molecule has 0 radical (unpaired) electrons. The van der Waals surface area contributed by atoms with Gasteiger partial charge < -0.3 is 10.2 Å². The Bertz CT molecular complexity index is 291. The van der Waals surface area contributed by atoms with Crippen LogP contribution in [0.4, 0.5) is 0 Å². The third-order valence-corrected chi connectivity index (χ3v) is 3.66. The standard InChI is InChI=1S/C13H24N2S/c1-11(12-7-6-8-16-12)14-9-13(2,3)10-15(4)5/h6-8,11,14H,9-10H2,1-5H3. The molecular formula is C13H24N2S. The van der Waals surface area contributed by atoms with Crippen LogP contribution >= 0.6 is 11.3 Å². The number of thiophene rings is 1. The topological polar surface area (TPSA) is 15.3 Å². The number of hydrogen-bond donors (Lipinski definition) is 1. The molecular weight excluding hydrogens is 216 g/mol. The van der Waals surface area contributed by atoms with Crippen LogP contribution in [0.3, 0.4) is 0 Å². The van der Waals surface area contributed by atoms with Crippen molar-refractivity contribution in [2.75, 3.05) is 27.2 Å². The normalized spacial score (nSPS) is 14.4. The Labute approximate surface area is 104 Å². The van der Waals surface area contributed by atoms with Gasteiger partial charge in [-0.2, -0.15) is 0 Å². The fourth-order valence-corrected chi connectivity index (χ4v) is 2.74. The summed E-state index contributed by atoms with van der Waals surface area (Å²) in [6.45, 7) is 9.00. The first-order valence-corrected chi connectivity index (χ1v) is 6.70. The smallest absolute Gasteiger partial charge is 0.0386 e. The van der Waals surface area contributed by atoms with Gasteiger partial charge in [-0.15, -0.1) is 11.3 Å². The summed E-state index contributed by atoms with van der Waals surface area (Å²) in [7, 11) is 4.26. The molecule has 0 aliphatic rings. The number of nitrogens with zero attached hydrogens (tertiary/aromatic N) is 1. The minimum atomic E-state index is 0.315. The molecule has 16 heavy (non-hydrogen) atoms. The quantitative estimate of drug-likeness (QED) is 0.822. The van der Waals surface area contributed by atoms with E-state index in [1.807, 2.05) is 11.3 Å².